The molecule has 2 N–H and O–H groups in total. The van der Waals surface area contributed by atoms with E-state index in [-0.39, 0.29) is 29.5 Å². The van der Waals surface area contributed by atoms with E-state index in [1.54, 1.807) is 43.3 Å². The Morgan fingerprint density at radius 1 is 0.972 bits per heavy atom. The molecule has 10 heteroatoms. The van der Waals surface area contributed by atoms with Crippen LogP contribution in [-0.2, 0) is 16.1 Å². The first-order valence-electron chi connectivity index (χ1n) is 11.8. The third-order valence-corrected chi connectivity index (χ3v) is 6.31. The summed E-state index contributed by atoms with van der Waals surface area (Å²) in [7, 11) is 0. The number of esters is 1. The first-order chi connectivity index (χ1) is 17.3. The first-order valence-corrected chi connectivity index (χ1v) is 12.8. The number of amides is 2. The maximum atomic E-state index is 12.8. The van der Waals surface area contributed by atoms with E-state index in [2.05, 4.69) is 20.8 Å². The number of carbonyl (C=O) groups is 3. The number of nitrogens with zero attached hydrogens (tertiary/aromatic N) is 3. The molecule has 9 nitrogen and oxygen atoms in total. The number of thioether (sulfide) groups is 1. The molecule has 0 radical (unpaired) electrons. The molecule has 0 saturated carbocycles. The van der Waals surface area contributed by atoms with Crippen LogP contribution in [0, 0.1) is 5.92 Å². The van der Waals surface area contributed by atoms with Crippen molar-refractivity contribution in [2.45, 2.75) is 45.4 Å². The Labute approximate surface area is 215 Å². The highest BCUT2D eigenvalue weighted by Gasteiger charge is 2.26. The molecular formula is C26H31N5O4S. The summed E-state index contributed by atoms with van der Waals surface area (Å²) in [5, 5.41) is 15.1. The van der Waals surface area contributed by atoms with Crippen LogP contribution >= 0.6 is 11.8 Å². The molecule has 1 aromatic heterocycles. The van der Waals surface area contributed by atoms with E-state index >= 15 is 0 Å². The first kappa shape index (κ1) is 26.9. The second-order valence-electron chi connectivity index (χ2n) is 8.28. The molecule has 36 heavy (non-hydrogen) atoms. The highest BCUT2D eigenvalue weighted by Crippen LogP contribution is 2.25. The fraction of sp³-hybridized carbons (Fsp3) is 0.346. The van der Waals surface area contributed by atoms with E-state index in [4.69, 9.17) is 4.74 Å². The Balaban J connectivity index is 1.64. The predicted molar refractivity (Wildman–Crippen MR) is 139 cm³/mol. The highest BCUT2D eigenvalue weighted by atomic mass is 32.2. The molecule has 3 aromatic rings. The number of hydrogen-bond acceptors (Lipinski definition) is 7. The van der Waals surface area contributed by atoms with Gasteiger partial charge in [-0.25, -0.2) is 4.79 Å². The van der Waals surface area contributed by atoms with Gasteiger partial charge in [0, 0.05) is 17.8 Å². The molecule has 1 atom stereocenters. The lowest BCUT2D eigenvalue weighted by atomic mass is 10.0. The number of rotatable bonds is 11. The van der Waals surface area contributed by atoms with E-state index in [0.717, 1.165) is 0 Å². The molecule has 0 saturated heterocycles. The SMILES string of the molecule is CCOC(=O)c1ccc(NC(=O)CSc2nnc([C@H](NC(=O)c3ccccc3)C(C)C)n2CC)cc1. The van der Waals surface area contributed by atoms with E-state index in [1.165, 1.54) is 11.8 Å². The summed E-state index contributed by atoms with van der Waals surface area (Å²) < 4.78 is 6.89. The van der Waals surface area contributed by atoms with E-state index in [0.29, 0.717) is 40.9 Å². The molecule has 0 aliphatic rings. The minimum atomic E-state index is -0.403. The van der Waals surface area contributed by atoms with Gasteiger partial charge in [-0.3, -0.25) is 9.59 Å². The van der Waals surface area contributed by atoms with Crippen molar-refractivity contribution >= 4 is 35.2 Å². The maximum absolute atomic E-state index is 12.8. The van der Waals surface area contributed by atoms with Gasteiger partial charge in [0.05, 0.1) is 24.0 Å². The molecule has 3 rings (SSSR count). The lowest BCUT2D eigenvalue weighted by Gasteiger charge is -2.22. The van der Waals surface area contributed by atoms with Crippen molar-refractivity contribution in [2.75, 3.05) is 17.7 Å². The quantitative estimate of drug-likeness (QED) is 0.292. The van der Waals surface area contributed by atoms with Gasteiger partial charge in [-0.1, -0.05) is 43.8 Å². The molecule has 0 bridgehead atoms. The molecule has 0 unspecified atom stereocenters. The van der Waals surface area contributed by atoms with Gasteiger partial charge in [0.1, 0.15) is 0 Å². The average Bonchev–Trinajstić information content (AvgIpc) is 3.29. The third kappa shape index (κ3) is 6.94. The van der Waals surface area contributed by atoms with Crippen molar-refractivity contribution in [3.05, 3.63) is 71.5 Å². The summed E-state index contributed by atoms with van der Waals surface area (Å²) in [4.78, 5) is 37.1. The van der Waals surface area contributed by atoms with Gasteiger partial charge in [0.2, 0.25) is 5.91 Å². The van der Waals surface area contributed by atoms with Gasteiger partial charge >= 0.3 is 5.97 Å². The van der Waals surface area contributed by atoms with Crippen molar-refractivity contribution in [1.29, 1.82) is 0 Å². The van der Waals surface area contributed by atoms with Crippen LogP contribution in [0.1, 0.15) is 60.3 Å². The molecule has 1 heterocycles. The normalized spacial score (nSPS) is 11.7. The molecule has 2 amide bonds. The Morgan fingerprint density at radius 2 is 1.67 bits per heavy atom. The molecular weight excluding hydrogens is 478 g/mol. The topological polar surface area (TPSA) is 115 Å². The van der Waals surface area contributed by atoms with Gasteiger partial charge in [-0.05, 0) is 56.2 Å². The van der Waals surface area contributed by atoms with Gasteiger partial charge in [0.25, 0.3) is 5.91 Å². The zero-order valence-electron chi connectivity index (χ0n) is 20.9. The largest absolute Gasteiger partial charge is 0.462 e. The fourth-order valence-electron chi connectivity index (χ4n) is 3.51. The lowest BCUT2D eigenvalue weighted by molar-refractivity contribution is -0.113. The summed E-state index contributed by atoms with van der Waals surface area (Å²) in [6.45, 7) is 8.63. The Bertz CT molecular complexity index is 1180. The third-order valence-electron chi connectivity index (χ3n) is 5.34. The number of benzene rings is 2. The Morgan fingerprint density at radius 3 is 2.28 bits per heavy atom. The lowest BCUT2D eigenvalue weighted by Crippen LogP contribution is -2.33. The average molecular weight is 510 g/mol. The van der Waals surface area contributed by atoms with Crippen molar-refractivity contribution < 1.29 is 19.1 Å². The second-order valence-corrected chi connectivity index (χ2v) is 9.22. The van der Waals surface area contributed by atoms with Crippen molar-refractivity contribution in [1.82, 2.24) is 20.1 Å². The number of carbonyl (C=O) groups excluding carboxylic acids is 3. The summed E-state index contributed by atoms with van der Waals surface area (Å²) >= 11 is 1.27. The highest BCUT2D eigenvalue weighted by molar-refractivity contribution is 7.99. The standard InChI is InChI=1S/C26H31N5O4S/c1-5-31-23(22(17(3)4)28-24(33)18-10-8-7-9-11-18)29-30-26(31)36-16-21(32)27-20-14-12-19(13-15-20)25(34)35-6-2/h7-15,17,22H,5-6,16H2,1-4H3,(H,27,32)(H,28,33)/t22-/m1/s1. The summed E-state index contributed by atoms with van der Waals surface area (Å²) in [5.74, 6) is 0.0531. The minimum absolute atomic E-state index is 0.0749. The van der Waals surface area contributed by atoms with Crippen molar-refractivity contribution in [3.8, 4) is 0 Å². The van der Waals surface area contributed by atoms with E-state index in [9.17, 15) is 14.4 Å². The van der Waals surface area contributed by atoms with Crippen LogP contribution < -0.4 is 10.6 Å². The van der Waals surface area contributed by atoms with Crippen LogP contribution in [0.25, 0.3) is 0 Å². The summed E-state index contributed by atoms with van der Waals surface area (Å²) in [5.41, 5.74) is 1.58. The fourth-order valence-corrected chi connectivity index (χ4v) is 4.32. The molecule has 0 fully saturated rings. The molecule has 0 spiro atoms. The molecule has 2 aromatic carbocycles. The number of ether oxygens (including phenoxy) is 1. The van der Waals surface area contributed by atoms with Crippen LogP contribution in [0.5, 0.6) is 0 Å². The smallest absolute Gasteiger partial charge is 0.338 e. The van der Waals surface area contributed by atoms with Crippen molar-refractivity contribution in [3.63, 3.8) is 0 Å². The van der Waals surface area contributed by atoms with E-state index in [1.807, 2.05) is 43.5 Å². The van der Waals surface area contributed by atoms with Gasteiger partial charge < -0.3 is 19.9 Å². The number of anilines is 1. The molecule has 190 valence electrons. The van der Waals surface area contributed by atoms with Gasteiger partial charge in [-0.15, -0.1) is 10.2 Å². The maximum Gasteiger partial charge on any atom is 0.338 e. The summed E-state index contributed by atoms with van der Waals surface area (Å²) in [6, 6.07) is 15.2. The predicted octanol–water partition coefficient (Wildman–Crippen LogP) is 4.33. The van der Waals surface area contributed by atoms with E-state index < -0.39 is 5.97 Å². The number of nitrogens with one attached hydrogen (secondary N) is 2. The monoisotopic (exact) mass is 509 g/mol. The number of aromatic nitrogens is 3. The minimum Gasteiger partial charge on any atom is -0.462 e. The van der Waals surface area contributed by atoms with Crippen molar-refractivity contribution in [2.24, 2.45) is 5.92 Å². The second kappa shape index (κ2) is 12.9. The van der Waals surface area contributed by atoms with Crippen LogP contribution in [-0.4, -0.2) is 44.9 Å². The van der Waals surface area contributed by atoms with Crippen LogP contribution in [0.15, 0.2) is 59.8 Å². The molecule has 0 aliphatic carbocycles. The van der Waals surface area contributed by atoms with Crippen LogP contribution in [0.3, 0.4) is 0 Å². The summed E-state index contributed by atoms with van der Waals surface area (Å²) in [6.07, 6.45) is 0. The zero-order valence-corrected chi connectivity index (χ0v) is 21.7. The zero-order chi connectivity index (χ0) is 26.1. The van der Waals surface area contributed by atoms with Gasteiger partial charge in [-0.2, -0.15) is 0 Å². The van der Waals surface area contributed by atoms with Crippen LogP contribution in [0.4, 0.5) is 5.69 Å². The Hall–Kier alpha value is -3.66. The van der Waals surface area contributed by atoms with Crippen LogP contribution in [0.2, 0.25) is 0 Å². The Kier molecular flexibility index (Phi) is 9.63. The van der Waals surface area contributed by atoms with Gasteiger partial charge in [0.15, 0.2) is 11.0 Å². The number of hydrogen-bond donors (Lipinski definition) is 2. The molecule has 0 aliphatic heterocycles.